The summed E-state index contributed by atoms with van der Waals surface area (Å²) in [4.78, 5) is 12.3. The van der Waals surface area contributed by atoms with Crippen molar-refractivity contribution in [2.24, 2.45) is 0 Å². The number of benzene rings is 3. The highest BCUT2D eigenvalue weighted by atomic mass is 32.2. The topological polar surface area (TPSA) is 93.7 Å². The Bertz CT molecular complexity index is 1210. The van der Waals surface area contributed by atoms with Crippen LogP contribution < -0.4 is 19.5 Å². The van der Waals surface area contributed by atoms with Gasteiger partial charge >= 0.3 is 0 Å². The number of halogens is 2. The molecule has 0 atom stereocenters. The number of sulfonamides is 1. The fourth-order valence-electron chi connectivity index (χ4n) is 2.76. The Morgan fingerprint density at radius 1 is 0.839 bits per heavy atom. The summed E-state index contributed by atoms with van der Waals surface area (Å²) in [6, 6.07) is 12.6. The van der Waals surface area contributed by atoms with Crippen LogP contribution in [0.4, 0.5) is 20.2 Å². The molecule has 0 saturated heterocycles. The van der Waals surface area contributed by atoms with Gasteiger partial charge < -0.3 is 14.8 Å². The lowest BCUT2D eigenvalue weighted by Crippen LogP contribution is -2.16. The van der Waals surface area contributed by atoms with Gasteiger partial charge in [0.15, 0.2) is 0 Å². The van der Waals surface area contributed by atoms with E-state index < -0.39 is 27.6 Å². The van der Waals surface area contributed by atoms with Gasteiger partial charge in [-0.2, -0.15) is 0 Å². The standard InChI is InChI=1S/C21H18F2N2O5S/c1-29-19-6-4-3-5-17(19)25-31(27,28)16-7-8-20(30-2)18(12-16)24-21(26)13-9-14(22)11-15(23)10-13/h3-12,25H,1-2H3,(H,24,26). The van der Waals surface area contributed by atoms with Crippen LogP contribution in [-0.4, -0.2) is 28.5 Å². The molecule has 7 nitrogen and oxygen atoms in total. The fourth-order valence-corrected chi connectivity index (χ4v) is 3.86. The predicted molar refractivity (Wildman–Crippen MR) is 111 cm³/mol. The maximum atomic E-state index is 13.4. The van der Waals surface area contributed by atoms with Crippen LogP contribution in [-0.2, 0) is 10.0 Å². The number of carbonyl (C=O) groups excluding carboxylic acids is 1. The van der Waals surface area contributed by atoms with Gasteiger partial charge in [0.05, 0.1) is 30.5 Å². The third-order valence-electron chi connectivity index (χ3n) is 4.21. The maximum absolute atomic E-state index is 13.4. The molecule has 0 aromatic heterocycles. The molecule has 2 N–H and O–H groups in total. The highest BCUT2D eigenvalue weighted by Crippen LogP contribution is 2.31. The summed E-state index contributed by atoms with van der Waals surface area (Å²) in [5, 5.41) is 2.42. The van der Waals surface area contributed by atoms with Crippen molar-refractivity contribution in [2.75, 3.05) is 24.3 Å². The van der Waals surface area contributed by atoms with Crippen LogP contribution in [0.2, 0.25) is 0 Å². The molecule has 31 heavy (non-hydrogen) atoms. The van der Waals surface area contributed by atoms with Gasteiger partial charge in [-0.3, -0.25) is 9.52 Å². The Morgan fingerprint density at radius 2 is 1.45 bits per heavy atom. The molecule has 0 heterocycles. The normalized spacial score (nSPS) is 11.0. The molecule has 3 rings (SSSR count). The zero-order valence-electron chi connectivity index (χ0n) is 16.5. The number of rotatable bonds is 7. The summed E-state index contributed by atoms with van der Waals surface area (Å²) in [5.74, 6) is -2.21. The summed E-state index contributed by atoms with van der Waals surface area (Å²) in [6.07, 6.45) is 0. The van der Waals surface area contributed by atoms with Crippen LogP contribution >= 0.6 is 0 Å². The summed E-state index contributed by atoms with van der Waals surface area (Å²) >= 11 is 0. The lowest BCUT2D eigenvalue weighted by molar-refractivity contribution is 0.102. The van der Waals surface area contributed by atoms with Crippen molar-refractivity contribution in [1.82, 2.24) is 0 Å². The van der Waals surface area contributed by atoms with E-state index in [4.69, 9.17) is 9.47 Å². The van der Waals surface area contributed by atoms with E-state index in [1.807, 2.05) is 0 Å². The van der Waals surface area contributed by atoms with Crippen molar-refractivity contribution in [3.05, 3.63) is 77.9 Å². The van der Waals surface area contributed by atoms with Gasteiger partial charge in [-0.05, 0) is 42.5 Å². The molecular formula is C21H18F2N2O5S. The van der Waals surface area contributed by atoms with Gasteiger partial charge in [0, 0.05) is 11.6 Å². The molecule has 0 bridgehead atoms. The minimum atomic E-state index is -4.06. The van der Waals surface area contributed by atoms with Gasteiger partial charge in [0.2, 0.25) is 0 Å². The molecule has 0 unspecified atom stereocenters. The summed E-state index contributed by atoms with van der Waals surface area (Å²) < 4.78 is 65.2. The third-order valence-corrected chi connectivity index (χ3v) is 5.57. The molecule has 3 aromatic rings. The number of methoxy groups -OCH3 is 2. The maximum Gasteiger partial charge on any atom is 0.262 e. The van der Waals surface area contributed by atoms with Crippen LogP contribution in [0.1, 0.15) is 10.4 Å². The van der Waals surface area contributed by atoms with Crippen molar-refractivity contribution in [3.8, 4) is 11.5 Å². The zero-order valence-corrected chi connectivity index (χ0v) is 17.3. The summed E-state index contributed by atoms with van der Waals surface area (Å²) in [6.45, 7) is 0. The van der Waals surface area contributed by atoms with E-state index in [0.29, 0.717) is 11.8 Å². The monoisotopic (exact) mass is 448 g/mol. The van der Waals surface area contributed by atoms with E-state index in [1.165, 1.54) is 38.5 Å². The van der Waals surface area contributed by atoms with E-state index in [2.05, 4.69) is 10.0 Å². The van der Waals surface area contributed by atoms with Gasteiger partial charge in [-0.15, -0.1) is 0 Å². The largest absolute Gasteiger partial charge is 0.495 e. The average Bonchev–Trinajstić information content (AvgIpc) is 2.73. The number of nitrogens with one attached hydrogen (secondary N) is 2. The third kappa shape index (κ3) is 5.10. The molecule has 0 aliphatic heterocycles. The molecule has 162 valence electrons. The molecule has 0 radical (unpaired) electrons. The lowest BCUT2D eigenvalue weighted by Gasteiger charge is -2.14. The number of anilines is 2. The Kier molecular flexibility index (Phi) is 6.40. The van der Waals surface area contributed by atoms with E-state index in [-0.39, 0.29) is 27.6 Å². The van der Waals surface area contributed by atoms with Crippen LogP contribution in [0.3, 0.4) is 0 Å². The summed E-state index contributed by atoms with van der Waals surface area (Å²) in [7, 11) is -1.33. The Balaban J connectivity index is 1.93. The number of carbonyl (C=O) groups is 1. The molecule has 0 aliphatic carbocycles. The molecule has 0 fully saturated rings. The Hall–Kier alpha value is -3.66. The van der Waals surface area contributed by atoms with Gasteiger partial charge in [-0.25, -0.2) is 17.2 Å². The number of hydrogen-bond donors (Lipinski definition) is 2. The molecule has 0 aliphatic rings. The second kappa shape index (κ2) is 9.00. The quantitative estimate of drug-likeness (QED) is 0.569. The van der Waals surface area contributed by atoms with Gasteiger partial charge in [0.25, 0.3) is 15.9 Å². The van der Waals surface area contributed by atoms with Crippen molar-refractivity contribution >= 4 is 27.3 Å². The number of para-hydroxylation sites is 2. The van der Waals surface area contributed by atoms with Gasteiger partial charge in [-0.1, -0.05) is 12.1 Å². The Labute approximate surface area is 177 Å². The molecule has 0 spiro atoms. The highest BCUT2D eigenvalue weighted by Gasteiger charge is 2.20. The molecule has 0 saturated carbocycles. The molecular weight excluding hydrogens is 430 g/mol. The molecule has 10 heteroatoms. The molecule has 3 aromatic carbocycles. The first kappa shape index (κ1) is 22.0. The van der Waals surface area contributed by atoms with Crippen molar-refractivity contribution in [3.63, 3.8) is 0 Å². The average molecular weight is 448 g/mol. The smallest absolute Gasteiger partial charge is 0.262 e. The first-order chi connectivity index (χ1) is 14.7. The zero-order chi connectivity index (χ0) is 22.6. The van der Waals surface area contributed by atoms with E-state index in [9.17, 15) is 22.0 Å². The SMILES string of the molecule is COc1ccc(S(=O)(=O)Nc2ccccc2OC)cc1NC(=O)c1cc(F)cc(F)c1. The Morgan fingerprint density at radius 3 is 2.10 bits per heavy atom. The van der Waals surface area contributed by atoms with E-state index >= 15 is 0 Å². The van der Waals surface area contributed by atoms with Crippen LogP contribution in [0.25, 0.3) is 0 Å². The van der Waals surface area contributed by atoms with Gasteiger partial charge in [0.1, 0.15) is 23.1 Å². The minimum Gasteiger partial charge on any atom is -0.495 e. The van der Waals surface area contributed by atoms with Crippen LogP contribution in [0.15, 0.2) is 65.6 Å². The van der Waals surface area contributed by atoms with Crippen molar-refractivity contribution in [1.29, 1.82) is 0 Å². The van der Waals surface area contributed by atoms with E-state index in [1.54, 1.807) is 18.2 Å². The minimum absolute atomic E-state index is 0.0000658. The lowest BCUT2D eigenvalue weighted by atomic mass is 10.2. The van der Waals surface area contributed by atoms with Crippen molar-refractivity contribution in [2.45, 2.75) is 4.90 Å². The number of ether oxygens (including phenoxy) is 2. The predicted octanol–water partition coefficient (Wildman–Crippen LogP) is 4.04. The molecule has 1 amide bonds. The van der Waals surface area contributed by atoms with Crippen LogP contribution in [0, 0.1) is 11.6 Å². The number of hydrogen-bond acceptors (Lipinski definition) is 5. The fraction of sp³-hybridized carbons (Fsp3) is 0.0952. The highest BCUT2D eigenvalue weighted by molar-refractivity contribution is 7.92. The first-order valence-electron chi connectivity index (χ1n) is 8.85. The second-order valence-electron chi connectivity index (χ2n) is 6.28. The van der Waals surface area contributed by atoms with E-state index in [0.717, 1.165) is 12.1 Å². The van der Waals surface area contributed by atoms with Crippen molar-refractivity contribution < 1.29 is 31.5 Å². The second-order valence-corrected chi connectivity index (χ2v) is 7.96. The van der Waals surface area contributed by atoms with Crippen LogP contribution in [0.5, 0.6) is 11.5 Å². The number of amides is 1. The summed E-state index contributed by atoms with van der Waals surface area (Å²) in [5.41, 5.74) is -0.0540. The first-order valence-corrected chi connectivity index (χ1v) is 10.3.